The first-order valence-electron chi connectivity index (χ1n) is 4.95. The Bertz CT molecular complexity index is 379. The molecule has 0 fully saturated rings. The van der Waals surface area contributed by atoms with Crippen LogP contribution in [0.15, 0.2) is 22.7 Å². The molecule has 2 nitrogen and oxygen atoms in total. The minimum Gasteiger partial charge on any atom is -0.491 e. The van der Waals surface area contributed by atoms with Gasteiger partial charge in [0.1, 0.15) is 12.4 Å². The number of benzene rings is 1. The van der Waals surface area contributed by atoms with E-state index in [1.807, 2.05) is 19.0 Å². The Morgan fingerprint density at radius 2 is 1.94 bits per heavy atom. The van der Waals surface area contributed by atoms with E-state index >= 15 is 0 Å². The zero-order valence-corrected chi connectivity index (χ0v) is 11.1. The number of rotatable bonds is 4. The fourth-order valence-electron chi connectivity index (χ4n) is 1.13. The minimum absolute atomic E-state index is 0.210. The second-order valence-electron chi connectivity index (χ2n) is 3.79. The van der Waals surface area contributed by atoms with Gasteiger partial charge in [0.05, 0.1) is 10.0 Å². The van der Waals surface area contributed by atoms with E-state index in [2.05, 4.69) is 15.9 Å². The quantitative estimate of drug-likeness (QED) is 0.845. The molecule has 0 atom stereocenters. The van der Waals surface area contributed by atoms with Gasteiger partial charge >= 0.3 is 6.18 Å². The lowest BCUT2D eigenvalue weighted by atomic mass is 10.2. The summed E-state index contributed by atoms with van der Waals surface area (Å²) in [7, 11) is 3.73. The van der Waals surface area contributed by atoms with Crippen LogP contribution >= 0.6 is 15.9 Å². The molecule has 0 amide bonds. The van der Waals surface area contributed by atoms with E-state index in [0.29, 0.717) is 17.6 Å². The van der Waals surface area contributed by atoms with Crippen molar-refractivity contribution in [3.8, 4) is 5.75 Å². The molecule has 0 spiro atoms. The Hall–Kier alpha value is -0.750. The van der Waals surface area contributed by atoms with Crippen molar-refractivity contribution in [2.24, 2.45) is 0 Å². The van der Waals surface area contributed by atoms with Gasteiger partial charge in [0.25, 0.3) is 0 Å². The van der Waals surface area contributed by atoms with E-state index in [9.17, 15) is 13.2 Å². The van der Waals surface area contributed by atoms with Crippen molar-refractivity contribution >= 4 is 15.9 Å². The zero-order valence-electron chi connectivity index (χ0n) is 9.51. The van der Waals surface area contributed by atoms with Gasteiger partial charge in [-0.25, -0.2) is 0 Å². The van der Waals surface area contributed by atoms with Gasteiger partial charge < -0.3 is 9.64 Å². The molecular formula is C11H13BrF3NO. The maximum absolute atomic E-state index is 12.5. The lowest BCUT2D eigenvalue weighted by Crippen LogP contribution is -2.19. The molecule has 96 valence electrons. The van der Waals surface area contributed by atoms with Crippen LogP contribution in [0, 0.1) is 0 Å². The smallest absolute Gasteiger partial charge is 0.416 e. The Morgan fingerprint density at radius 3 is 2.47 bits per heavy atom. The van der Waals surface area contributed by atoms with Crippen LogP contribution in [0.5, 0.6) is 5.75 Å². The van der Waals surface area contributed by atoms with Crippen molar-refractivity contribution in [2.75, 3.05) is 27.2 Å². The van der Waals surface area contributed by atoms with Crippen molar-refractivity contribution in [3.05, 3.63) is 28.2 Å². The summed E-state index contributed by atoms with van der Waals surface area (Å²) in [6.07, 6.45) is -4.35. The van der Waals surface area contributed by atoms with Gasteiger partial charge in [-0.05, 0) is 48.2 Å². The summed E-state index contributed by atoms with van der Waals surface area (Å²) in [4.78, 5) is 1.89. The van der Waals surface area contributed by atoms with Gasteiger partial charge in [-0.2, -0.15) is 13.2 Å². The van der Waals surface area contributed by atoms with E-state index < -0.39 is 11.7 Å². The van der Waals surface area contributed by atoms with Crippen LogP contribution in [-0.4, -0.2) is 32.1 Å². The van der Waals surface area contributed by atoms with Crippen molar-refractivity contribution in [1.29, 1.82) is 0 Å². The SMILES string of the molecule is CN(C)CCOc1cc(C(F)(F)F)ccc1Br. The van der Waals surface area contributed by atoms with E-state index in [-0.39, 0.29) is 5.75 Å². The first-order chi connectivity index (χ1) is 7.80. The van der Waals surface area contributed by atoms with E-state index in [0.717, 1.165) is 12.1 Å². The van der Waals surface area contributed by atoms with Crippen LogP contribution in [0.4, 0.5) is 13.2 Å². The Balaban J connectivity index is 2.77. The molecule has 1 rings (SSSR count). The van der Waals surface area contributed by atoms with Crippen molar-refractivity contribution < 1.29 is 17.9 Å². The third kappa shape index (κ3) is 4.55. The third-order valence-corrected chi connectivity index (χ3v) is 2.71. The topological polar surface area (TPSA) is 12.5 Å². The number of hydrogen-bond acceptors (Lipinski definition) is 2. The maximum atomic E-state index is 12.5. The number of likely N-dealkylation sites (N-methyl/N-ethyl adjacent to an activating group) is 1. The summed E-state index contributed by atoms with van der Waals surface area (Å²) in [5, 5.41) is 0. The van der Waals surface area contributed by atoms with Gasteiger partial charge in [-0.15, -0.1) is 0 Å². The number of hydrogen-bond donors (Lipinski definition) is 0. The molecule has 0 aliphatic heterocycles. The summed E-state index contributed by atoms with van der Waals surface area (Å²) in [5.41, 5.74) is -0.708. The predicted molar refractivity (Wildman–Crippen MR) is 63.2 cm³/mol. The monoisotopic (exact) mass is 311 g/mol. The number of halogens is 4. The molecule has 17 heavy (non-hydrogen) atoms. The molecule has 0 aromatic heterocycles. The summed E-state index contributed by atoms with van der Waals surface area (Å²) >= 11 is 3.16. The minimum atomic E-state index is -4.35. The molecule has 0 N–H and O–H groups in total. The van der Waals surface area contributed by atoms with Gasteiger partial charge in [-0.3, -0.25) is 0 Å². The molecule has 0 aliphatic carbocycles. The van der Waals surface area contributed by atoms with E-state index in [1.54, 1.807) is 0 Å². The third-order valence-electron chi connectivity index (χ3n) is 2.05. The molecule has 0 aliphatic rings. The molecule has 0 saturated heterocycles. The van der Waals surface area contributed by atoms with E-state index in [1.165, 1.54) is 6.07 Å². The average molecular weight is 312 g/mol. The fraction of sp³-hybridized carbons (Fsp3) is 0.455. The molecule has 0 heterocycles. The Labute approximate surface area is 106 Å². The highest BCUT2D eigenvalue weighted by Gasteiger charge is 2.31. The predicted octanol–water partition coefficient (Wildman–Crippen LogP) is 3.41. The van der Waals surface area contributed by atoms with Crippen molar-refractivity contribution in [2.45, 2.75) is 6.18 Å². The van der Waals surface area contributed by atoms with Crippen LogP contribution in [0.2, 0.25) is 0 Å². The molecule has 1 aromatic rings. The molecule has 1 aromatic carbocycles. The van der Waals surface area contributed by atoms with Crippen LogP contribution in [0.1, 0.15) is 5.56 Å². The van der Waals surface area contributed by atoms with E-state index in [4.69, 9.17) is 4.74 Å². The Kier molecular flexibility index (Phi) is 4.82. The van der Waals surface area contributed by atoms with Crippen molar-refractivity contribution in [3.63, 3.8) is 0 Å². The van der Waals surface area contributed by atoms with Gasteiger partial charge in [0, 0.05) is 6.54 Å². The van der Waals surface area contributed by atoms with Crippen LogP contribution in [0.3, 0.4) is 0 Å². The number of alkyl halides is 3. The highest BCUT2D eigenvalue weighted by Crippen LogP contribution is 2.34. The van der Waals surface area contributed by atoms with Crippen LogP contribution < -0.4 is 4.74 Å². The largest absolute Gasteiger partial charge is 0.491 e. The molecule has 6 heteroatoms. The lowest BCUT2D eigenvalue weighted by molar-refractivity contribution is -0.137. The fourth-order valence-corrected chi connectivity index (χ4v) is 1.49. The molecular weight excluding hydrogens is 299 g/mol. The molecule has 0 bridgehead atoms. The second-order valence-corrected chi connectivity index (χ2v) is 4.65. The first-order valence-corrected chi connectivity index (χ1v) is 5.74. The van der Waals surface area contributed by atoms with Crippen molar-refractivity contribution in [1.82, 2.24) is 4.90 Å². The summed E-state index contributed by atoms with van der Waals surface area (Å²) in [6.45, 7) is 0.982. The molecule has 0 radical (unpaired) electrons. The summed E-state index contributed by atoms with van der Waals surface area (Å²) in [6, 6.07) is 3.36. The highest BCUT2D eigenvalue weighted by atomic mass is 79.9. The van der Waals surface area contributed by atoms with Crippen LogP contribution in [-0.2, 0) is 6.18 Å². The zero-order chi connectivity index (χ0) is 13.1. The number of nitrogens with zero attached hydrogens (tertiary/aromatic N) is 1. The lowest BCUT2D eigenvalue weighted by Gasteiger charge is -2.14. The normalized spacial score (nSPS) is 11.9. The van der Waals surface area contributed by atoms with Gasteiger partial charge in [-0.1, -0.05) is 0 Å². The van der Waals surface area contributed by atoms with Gasteiger partial charge in [0.2, 0.25) is 0 Å². The average Bonchev–Trinajstić information content (AvgIpc) is 2.18. The summed E-state index contributed by atoms with van der Waals surface area (Å²) in [5.74, 6) is 0.210. The maximum Gasteiger partial charge on any atom is 0.416 e. The molecule has 0 saturated carbocycles. The van der Waals surface area contributed by atoms with Gasteiger partial charge in [0.15, 0.2) is 0 Å². The first kappa shape index (κ1) is 14.3. The molecule has 0 unspecified atom stereocenters. The summed E-state index contributed by atoms with van der Waals surface area (Å²) < 4.78 is 43.2. The van der Waals surface area contributed by atoms with Crippen LogP contribution in [0.25, 0.3) is 0 Å². The highest BCUT2D eigenvalue weighted by molar-refractivity contribution is 9.10. The second kappa shape index (κ2) is 5.73. The number of ether oxygens (including phenoxy) is 1. The Morgan fingerprint density at radius 1 is 1.29 bits per heavy atom. The standard InChI is InChI=1S/C11H13BrF3NO/c1-16(2)5-6-17-10-7-8(11(13,14)15)3-4-9(10)12/h3-4,7H,5-6H2,1-2H3.